The van der Waals surface area contributed by atoms with Crippen LogP contribution in [0.2, 0.25) is 0 Å². The summed E-state index contributed by atoms with van der Waals surface area (Å²) in [5.41, 5.74) is 9.26. The zero-order chi connectivity index (χ0) is 47.8. The van der Waals surface area contributed by atoms with Crippen LogP contribution in [-0.4, -0.2) is 114 Å². The molecule has 3 aliphatic rings. The van der Waals surface area contributed by atoms with Crippen molar-refractivity contribution < 1.29 is 34.1 Å². The molecule has 2 amide bonds. The fraction of sp³-hybridized carbons (Fsp3) is 0.455. The van der Waals surface area contributed by atoms with Crippen molar-refractivity contribution in [2.24, 2.45) is 17.3 Å². The Labute approximate surface area is 405 Å². The third-order valence-electron chi connectivity index (χ3n) is 14.1. The van der Waals surface area contributed by atoms with Gasteiger partial charge in [-0.3, -0.25) is 24.2 Å². The van der Waals surface area contributed by atoms with Gasteiger partial charge in [0, 0.05) is 57.6 Å². The minimum absolute atomic E-state index is 0.174. The molecule has 4 N–H and O–H groups in total. The van der Waals surface area contributed by atoms with E-state index in [1.807, 2.05) is 63.5 Å². The van der Waals surface area contributed by atoms with Crippen LogP contribution >= 0.6 is 11.3 Å². The SMILES string of the molecule is Cc1ncsc1-c1ccc(CNC(=O)[C@@H]2C[C@@H](O)CC2C(=O)[C@@H](NC(=O)COCCN2CCN(CCOc3ccc([C@@H]4c5ccc(O)cc5CC[C@@H]4c4ccccc4)cc3)CC2)C(C)(C)C)cc1. The molecule has 1 saturated carbocycles. The van der Waals surface area contributed by atoms with E-state index >= 15 is 0 Å². The van der Waals surface area contributed by atoms with Gasteiger partial charge in [-0.1, -0.05) is 93.6 Å². The number of amides is 2. The van der Waals surface area contributed by atoms with Gasteiger partial charge in [0.1, 0.15) is 24.7 Å². The number of aliphatic hydroxyl groups excluding tert-OH is 1. The second-order valence-electron chi connectivity index (χ2n) is 19.9. The third-order valence-corrected chi connectivity index (χ3v) is 15.1. The summed E-state index contributed by atoms with van der Waals surface area (Å²) in [5.74, 6) is -0.598. The Bertz CT molecular complexity index is 2460. The predicted octanol–water partition coefficient (Wildman–Crippen LogP) is 7.50. The first-order valence-electron chi connectivity index (χ1n) is 24.2. The lowest BCUT2D eigenvalue weighted by Gasteiger charge is -2.35. The molecular formula is C55H67N5O7S. The molecule has 13 heteroatoms. The van der Waals surface area contributed by atoms with Crippen LogP contribution in [0, 0.1) is 24.2 Å². The molecule has 2 fully saturated rings. The zero-order valence-electron chi connectivity index (χ0n) is 39.9. The van der Waals surface area contributed by atoms with Gasteiger partial charge in [0.25, 0.3) is 0 Å². The summed E-state index contributed by atoms with van der Waals surface area (Å²) < 4.78 is 12.1. The molecule has 12 nitrogen and oxygen atoms in total. The van der Waals surface area contributed by atoms with Gasteiger partial charge >= 0.3 is 0 Å². The van der Waals surface area contributed by atoms with Crippen LogP contribution in [0.3, 0.4) is 0 Å². The van der Waals surface area contributed by atoms with Crippen LogP contribution in [-0.2, 0) is 32.1 Å². The molecule has 360 valence electrons. The summed E-state index contributed by atoms with van der Waals surface area (Å²) in [6.07, 6.45) is 1.55. The number of rotatable bonds is 18. The quantitative estimate of drug-likeness (QED) is 0.0650. The van der Waals surface area contributed by atoms with Crippen molar-refractivity contribution in [1.82, 2.24) is 25.4 Å². The number of nitrogens with zero attached hydrogens (tertiary/aromatic N) is 3. The number of phenolic OH excluding ortho intramolecular Hbond substituents is 1. The topological polar surface area (TPSA) is 154 Å². The molecule has 1 aromatic heterocycles. The number of hydrogen-bond donors (Lipinski definition) is 4. The highest BCUT2D eigenvalue weighted by molar-refractivity contribution is 7.13. The first kappa shape index (κ1) is 49.0. The van der Waals surface area contributed by atoms with E-state index in [0.717, 1.165) is 73.0 Å². The molecule has 1 aliphatic heterocycles. The fourth-order valence-corrected chi connectivity index (χ4v) is 11.2. The number of aromatic hydroxyl groups is 1. The number of hydrogen-bond acceptors (Lipinski definition) is 11. The van der Waals surface area contributed by atoms with Gasteiger partial charge in [-0.15, -0.1) is 11.3 Å². The van der Waals surface area contributed by atoms with E-state index < -0.39 is 29.4 Å². The average molecular weight is 942 g/mol. The maximum Gasteiger partial charge on any atom is 0.246 e. The van der Waals surface area contributed by atoms with Crippen molar-refractivity contribution in [3.05, 3.63) is 136 Å². The zero-order valence-corrected chi connectivity index (χ0v) is 40.7. The highest BCUT2D eigenvalue weighted by atomic mass is 32.1. The number of fused-ring (bicyclic) bond motifs is 1. The van der Waals surface area contributed by atoms with Crippen molar-refractivity contribution >= 4 is 28.9 Å². The number of aliphatic hydroxyl groups is 1. The highest BCUT2D eigenvalue weighted by Crippen LogP contribution is 2.47. The van der Waals surface area contributed by atoms with Crippen LogP contribution in [0.4, 0.5) is 0 Å². The van der Waals surface area contributed by atoms with Crippen molar-refractivity contribution in [2.75, 3.05) is 59.1 Å². The van der Waals surface area contributed by atoms with Crippen LogP contribution in [0.25, 0.3) is 10.4 Å². The van der Waals surface area contributed by atoms with E-state index in [9.17, 15) is 24.6 Å². The van der Waals surface area contributed by atoms with E-state index in [1.54, 1.807) is 17.4 Å². The van der Waals surface area contributed by atoms with Gasteiger partial charge in [-0.2, -0.15) is 0 Å². The largest absolute Gasteiger partial charge is 0.508 e. The molecule has 4 aromatic carbocycles. The summed E-state index contributed by atoms with van der Waals surface area (Å²) in [4.78, 5) is 51.0. The van der Waals surface area contributed by atoms with Crippen LogP contribution in [0.1, 0.15) is 85.4 Å². The standard InChI is InChI=1S/C55H67N5O7S/c1-36-52(68-35-57-36)40-12-10-37(11-13-40)33-56-54(65)48-32-43(62)31-47(48)51(64)53(55(2,3)4)58-49(63)34-66-28-26-59-22-24-60(25-23-59)27-29-67-44-18-14-39(15-19-44)50-45(38-8-6-5-7-9-38)20-16-41-30-42(61)17-21-46(41)50/h5-15,17-19,21,30,35,43,45,47-48,50,53,61-62H,16,20,22-29,31-34H2,1-4H3,(H,56,65)(H,58,63)/t43-,45+,47?,48+,50-,53+/m0/s1. The maximum atomic E-state index is 14.1. The minimum atomic E-state index is -0.854. The number of carbonyl (C=O) groups excluding carboxylic acids is 3. The number of thiazole rings is 1. The monoisotopic (exact) mass is 941 g/mol. The summed E-state index contributed by atoms with van der Waals surface area (Å²) in [5, 5.41) is 26.8. The number of phenols is 1. The minimum Gasteiger partial charge on any atom is -0.508 e. The molecule has 68 heavy (non-hydrogen) atoms. The molecule has 8 rings (SSSR count). The van der Waals surface area contributed by atoms with Gasteiger partial charge in [-0.25, -0.2) is 4.98 Å². The van der Waals surface area contributed by atoms with Gasteiger partial charge in [0.2, 0.25) is 11.8 Å². The molecule has 5 aromatic rings. The third kappa shape index (κ3) is 12.2. The molecule has 0 radical (unpaired) electrons. The number of ketones is 1. The summed E-state index contributed by atoms with van der Waals surface area (Å²) in [6.45, 7) is 13.9. The predicted molar refractivity (Wildman–Crippen MR) is 266 cm³/mol. The van der Waals surface area contributed by atoms with Crippen LogP contribution in [0.5, 0.6) is 11.5 Å². The maximum absolute atomic E-state index is 14.1. The number of benzene rings is 4. The Morgan fingerprint density at radius 1 is 0.853 bits per heavy atom. The molecule has 1 saturated heterocycles. The number of ether oxygens (including phenoxy) is 2. The van der Waals surface area contributed by atoms with Crippen molar-refractivity contribution in [1.29, 1.82) is 0 Å². The lowest BCUT2D eigenvalue weighted by atomic mass is 9.69. The second-order valence-corrected chi connectivity index (χ2v) is 20.7. The molecule has 0 bridgehead atoms. The van der Waals surface area contributed by atoms with Gasteiger partial charge < -0.3 is 30.3 Å². The second kappa shape index (κ2) is 22.3. The Balaban J connectivity index is 0.741. The highest BCUT2D eigenvalue weighted by Gasteiger charge is 2.47. The van der Waals surface area contributed by atoms with Crippen molar-refractivity contribution in [2.45, 2.75) is 83.9 Å². The lowest BCUT2D eigenvalue weighted by Crippen LogP contribution is -2.53. The number of nitrogens with one attached hydrogen (secondary N) is 2. The van der Waals surface area contributed by atoms with E-state index in [2.05, 4.69) is 86.1 Å². The lowest BCUT2D eigenvalue weighted by molar-refractivity contribution is -0.138. The smallest absolute Gasteiger partial charge is 0.246 e. The summed E-state index contributed by atoms with van der Waals surface area (Å²) in [6, 6.07) is 32.2. The van der Waals surface area contributed by atoms with E-state index in [1.165, 1.54) is 22.3 Å². The van der Waals surface area contributed by atoms with Gasteiger partial charge in [0.15, 0.2) is 5.78 Å². The Morgan fingerprint density at radius 3 is 2.22 bits per heavy atom. The molecule has 1 unspecified atom stereocenters. The Morgan fingerprint density at radius 2 is 1.54 bits per heavy atom. The first-order chi connectivity index (χ1) is 32.8. The fourth-order valence-electron chi connectivity index (χ4n) is 10.4. The molecule has 2 aliphatic carbocycles. The first-order valence-corrected chi connectivity index (χ1v) is 25.1. The van der Waals surface area contributed by atoms with E-state index in [4.69, 9.17) is 9.47 Å². The molecule has 0 spiro atoms. The van der Waals surface area contributed by atoms with E-state index in [0.29, 0.717) is 38.0 Å². The van der Waals surface area contributed by atoms with Crippen LogP contribution < -0.4 is 15.4 Å². The Kier molecular flexibility index (Phi) is 16.1. The number of aryl methyl sites for hydroxylation is 2. The normalized spacial score (nSPS) is 21.5. The summed E-state index contributed by atoms with van der Waals surface area (Å²) in [7, 11) is 0. The number of aromatic nitrogens is 1. The molecule has 6 atom stereocenters. The van der Waals surface area contributed by atoms with Crippen molar-refractivity contribution in [3.63, 3.8) is 0 Å². The number of Topliss-reactive ketones (excluding diaryl/α,β-unsaturated/α-hetero) is 1. The van der Waals surface area contributed by atoms with Crippen LogP contribution in [0.15, 0.2) is 103 Å². The molecular weight excluding hydrogens is 875 g/mol. The average Bonchev–Trinajstić information content (AvgIpc) is 3.96. The Hall–Kier alpha value is -5.44. The number of carbonyl (C=O) groups is 3. The van der Waals surface area contributed by atoms with Gasteiger partial charge in [0.05, 0.1) is 40.8 Å². The van der Waals surface area contributed by atoms with Gasteiger partial charge in [-0.05, 0) is 102 Å². The van der Waals surface area contributed by atoms with E-state index in [-0.39, 0.29) is 43.0 Å². The van der Waals surface area contributed by atoms with Crippen molar-refractivity contribution in [3.8, 4) is 21.9 Å². The number of piperazine rings is 1. The molecule has 2 heterocycles. The summed E-state index contributed by atoms with van der Waals surface area (Å²) >= 11 is 1.59.